The summed E-state index contributed by atoms with van der Waals surface area (Å²) in [6, 6.07) is 9.75. The number of carbonyl (C=O) groups is 1. The molecule has 2 fully saturated rings. The second-order valence-electron chi connectivity index (χ2n) is 8.99. The molecule has 8 heteroatoms. The number of hydrogen-bond donors (Lipinski definition) is 0. The predicted molar refractivity (Wildman–Crippen MR) is 121 cm³/mol. The number of methoxy groups -OCH3 is 1. The Morgan fingerprint density at radius 3 is 2.64 bits per heavy atom. The number of ketones is 1. The fraction of sp³-hybridized carbons (Fsp3) is 0.520. The van der Waals surface area contributed by atoms with Crippen LogP contribution in [0.2, 0.25) is 0 Å². The van der Waals surface area contributed by atoms with Gasteiger partial charge in [0.05, 0.1) is 31.9 Å². The number of nitrogens with zero attached hydrogens (tertiary/aromatic N) is 2. The molecular weight excluding hydrogens is 430 g/mol. The van der Waals surface area contributed by atoms with Gasteiger partial charge >= 0.3 is 0 Å². The summed E-state index contributed by atoms with van der Waals surface area (Å²) in [6.45, 7) is 5.00. The molecule has 0 bridgehead atoms. The molecule has 0 spiro atoms. The van der Waals surface area contributed by atoms with Crippen molar-refractivity contribution in [3.63, 3.8) is 0 Å². The average molecular weight is 461 g/mol. The van der Waals surface area contributed by atoms with Gasteiger partial charge in [-0.3, -0.25) is 0 Å². The number of pyridine rings is 1. The van der Waals surface area contributed by atoms with E-state index in [0.29, 0.717) is 18.7 Å². The van der Waals surface area contributed by atoms with Crippen molar-refractivity contribution in [2.75, 3.05) is 31.7 Å². The highest BCUT2D eigenvalue weighted by Gasteiger charge is 2.57. The monoisotopic (exact) mass is 460 g/mol. The van der Waals surface area contributed by atoms with Gasteiger partial charge in [-0.25, -0.2) is 13.8 Å². The maximum atomic E-state index is 13.2. The zero-order chi connectivity index (χ0) is 23.6. The molecule has 178 valence electrons. The van der Waals surface area contributed by atoms with Gasteiger partial charge in [0.25, 0.3) is 11.8 Å². The van der Waals surface area contributed by atoms with E-state index >= 15 is 0 Å². The highest BCUT2D eigenvalue weighted by atomic mass is 19.3. The van der Waals surface area contributed by atoms with E-state index in [0.717, 1.165) is 30.0 Å². The molecule has 2 heterocycles. The molecule has 1 aromatic carbocycles. The van der Waals surface area contributed by atoms with Crippen LogP contribution in [0.15, 0.2) is 36.5 Å². The molecular formula is C25H30F2N2O4. The van der Waals surface area contributed by atoms with Crippen molar-refractivity contribution >= 4 is 11.5 Å². The van der Waals surface area contributed by atoms with E-state index in [1.54, 1.807) is 13.1 Å². The normalized spacial score (nSPS) is 22.0. The number of hydrogen-bond acceptors (Lipinski definition) is 6. The van der Waals surface area contributed by atoms with Gasteiger partial charge in [-0.05, 0) is 36.6 Å². The van der Waals surface area contributed by atoms with Gasteiger partial charge < -0.3 is 23.9 Å². The third-order valence-corrected chi connectivity index (χ3v) is 6.26. The van der Waals surface area contributed by atoms with Gasteiger partial charge in [-0.2, -0.15) is 0 Å². The third-order valence-electron chi connectivity index (χ3n) is 6.26. The van der Waals surface area contributed by atoms with E-state index in [4.69, 9.17) is 14.2 Å². The second kappa shape index (κ2) is 9.53. The summed E-state index contributed by atoms with van der Waals surface area (Å²) < 4.78 is 43.6. The molecule has 0 amide bonds. The van der Waals surface area contributed by atoms with Crippen molar-refractivity contribution in [1.29, 1.82) is 0 Å². The van der Waals surface area contributed by atoms with Gasteiger partial charge in [-0.1, -0.05) is 19.1 Å². The molecule has 1 aromatic heterocycles. The van der Waals surface area contributed by atoms with Crippen LogP contribution in [0.4, 0.5) is 14.5 Å². The van der Waals surface area contributed by atoms with Crippen molar-refractivity contribution in [2.45, 2.75) is 51.1 Å². The van der Waals surface area contributed by atoms with Crippen LogP contribution in [0.1, 0.15) is 44.6 Å². The lowest BCUT2D eigenvalue weighted by Gasteiger charge is -2.22. The first-order chi connectivity index (χ1) is 15.8. The maximum absolute atomic E-state index is 13.2. The molecule has 0 N–H and O–H groups in total. The van der Waals surface area contributed by atoms with E-state index in [-0.39, 0.29) is 36.7 Å². The summed E-state index contributed by atoms with van der Waals surface area (Å²) in [5, 5.41) is 0. The smallest absolute Gasteiger partial charge is 0.259 e. The largest absolute Gasteiger partial charge is 0.490 e. The molecule has 2 aromatic rings. The molecule has 1 saturated carbocycles. The lowest BCUT2D eigenvalue weighted by molar-refractivity contribution is -0.117. The number of alkyl halides is 2. The Balaban J connectivity index is 1.36. The van der Waals surface area contributed by atoms with Crippen molar-refractivity contribution in [1.82, 2.24) is 4.98 Å². The number of carbonyl (C=O) groups excluding carboxylic acids is 1. The predicted octanol–water partition coefficient (Wildman–Crippen LogP) is 4.86. The fourth-order valence-electron chi connectivity index (χ4n) is 4.25. The molecule has 2 aliphatic rings. The van der Waals surface area contributed by atoms with E-state index in [2.05, 4.69) is 9.88 Å². The standard InChI is InChI=1S/C25H30F2N2O4/c1-16(12-17(2)30)18-4-6-20(7-5-18)33-21-9-11-29(14-21)22-8-10-28-24(23(22)31-3)32-15-19-13-25(19,26)27/h4-8,10,16,19,21H,9,11-15H2,1-3H3/t16-,19?,21-/m1/s1. The maximum Gasteiger partial charge on any atom is 0.259 e. The highest BCUT2D eigenvalue weighted by Crippen LogP contribution is 2.49. The van der Waals surface area contributed by atoms with E-state index in [9.17, 15) is 13.6 Å². The third kappa shape index (κ3) is 5.54. The lowest BCUT2D eigenvalue weighted by atomic mass is 9.96. The first-order valence-electron chi connectivity index (χ1n) is 11.3. The summed E-state index contributed by atoms with van der Waals surface area (Å²) in [5.41, 5.74) is 1.92. The molecule has 1 aliphatic heterocycles. The Morgan fingerprint density at radius 2 is 2.00 bits per heavy atom. The minimum Gasteiger partial charge on any atom is -0.490 e. The van der Waals surface area contributed by atoms with E-state index in [1.807, 2.05) is 37.3 Å². The number of benzene rings is 1. The number of Topliss-reactive ketones (excluding diaryl/α,β-unsaturated/α-hetero) is 1. The van der Waals surface area contributed by atoms with E-state index < -0.39 is 11.8 Å². The summed E-state index contributed by atoms with van der Waals surface area (Å²) >= 11 is 0. The van der Waals surface area contributed by atoms with E-state index in [1.165, 1.54) is 7.11 Å². The average Bonchev–Trinajstić information content (AvgIpc) is 3.16. The van der Waals surface area contributed by atoms with Gasteiger partial charge in [0.1, 0.15) is 17.6 Å². The Hall–Kier alpha value is -2.90. The quantitative estimate of drug-likeness (QED) is 0.505. The van der Waals surface area contributed by atoms with Crippen LogP contribution in [0.25, 0.3) is 0 Å². The summed E-state index contributed by atoms with van der Waals surface area (Å²) in [6.07, 6.45) is 2.82. The second-order valence-corrected chi connectivity index (χ2v) is 8.99. The van der Waals surface area contributed by atoms with Crippen molar-refractivity contribution in [2.24, 2.45) is 5.92 Å². The molecule has 1 unspecified atom stereocenters. The zero-order valence-electron chi connectivity index (χ0n) is 19.2. The van der Waals surface area contributed by atoms with Gasteiger partial charge in [-0.15, -0.1) is 0 Å². The van der Waals surface area contributed by atoms with Crippen LogP contribution in [0.3, 0.4) is 0 Å². The van der Waals surface area contributed by atoms with Crippen LogP contribution in [0, 0.1) is 5.92 Å². The Morgan fingerprint density at radius 1 is 1.27 bits per heavy atom. The Kier molecular flexibility index (Phi) is 6.72. The van der Waals surface area contributed by atoms with Crippen LogP contribution in [0.5, 0.6) is 17.4 Å². The SMILES string of the molecule is COc1c(N2CC[C@@H](Oc3ccc([C@H](C)CC(C)=O)cc3)C2)ccnc1OCC1CC1(F)F. The van der Waals surface area contributed by atoms with Crippen LogP contribution in [-0.2, 0) is 4.79 Å². The first kappa shape index (κ1) is 23.3. The number of ether oxygens (including phenoxy) is 3. The molecule has 33 heavy (non-hydrogen) atoms. The number of halogens is 2. The van der Waals surface area contributed by atoms with Gasteiger partial charge in [0.15, 0.2) is 0 Å². The first-order valence-corrected chi connectivity index (χ1v) is 11.3. The highest BCUT2D eigenvalue weighted by molar-refractivity contribution is 5.76. The molecule has 6 nitrogen and oxygen atoms in total. The van der Waals surface area contributed by atoms with Crippen molar-refractivity contribution in [3.8, 4) is 17.4 Å². The summed E-state index contributed by atoms with van der Waals surface area (Å²) in [7, 11) is 1.53. The topological polar surface area (TPSA) is 60.9 Å². The minimum atomic E-state index is -2.63. The number of aromatic nitrogens is 1. The van der Waals surface area contributed by atoms with Crippen molar-refractivity contribution in [3.05, 3.63) is 42.1 Å². The summed E-state index contributed by atoms with van der Waals surface area (Å²) in [4.78, 5) is 17.7. The van der Waals surface area contributed by atoms with Gasteiger partial charge in [0, 0.05) is 32.0 Å². The Bertz CT molecular complexity index is 983. The zero-order valence-corrected chi connectivity index (χ0v) is 19.2. The van der Waals surface area contributed by atoms with Crippen LogP contribution in [-0.4, -0.2) is 49.6 Å². The lowest BCUT2D eigenvalue weighted by Crippen LogP contribution is -2.25. The van der Waals surface area contributed by atoms with Gasteiger partial charge in [0.2, 0.25) is 5.75 Å². The molecule has 1 saturated heterocycles. The molecule has 1 aliphatic carbocycles. The number of anilines is 1. The Labute approximate surface area is 192 Å². The molecule has 0 radical (unpaired) electrons. The molecule has 4 rings (SSSR count). The van der Waals surface area contributed by atoms with Crippen LogP contribution >= 0.6 is 0 Å². The van der Waals surface area contributed by atoms with Crippen molar-refractivity contribution < 1.29 is 27.8 Å². The molecule has 3 atom stereocenters. The summed E-state index contributed by atoms with van der Waals surface area (Å²) in [5.74, 6) is -1.55. The fourth-order valence-corrected chi connectivity index (χ4v) is 4.25. The minimum absolute atomic E-state index is 0.00195. The number of rotatable bonds is 10. The van der Waals surface area contributed by atoms with Crippen LogP contribution < -0.4 is 19.1 Å².